The number of aryl methyl sites for hydroxylation is 1. The summed E-state index contributed by atoms with van der Waals surface area (Å²) in [6.45, 7) is 6.19. The van der Waals surface area contributed by atoms with E-state index in [2.05, 4.69) is 40.4 Å². The predicted molar refractivity (Wildman–Crippen MR) is 110 cm³/mol. The minimum absolute atomic E-state index is 0.115. The van der Waals surface area contributed by atoms with Crippen LogP contribution in [0.5, 0.6) is 5.75 Å². The second kappa shape index (κ2) is 10.9. The molecule has 1 amide bonds. The van der Waals surface area contributed by atoms with Crippen LogP contribution < -0.4 is 10.1 Å². The van der Waals surface area contributed by atoms with Gasteiger partial charge in [-0.05, 0) is 31.4 Å². The summed E-state index contributed by atoms with van der Waals surface area (Å²) in [5.41, 5.74) is 1.21. The van der Waals surface area contributed by atoms with Crippen molar-refractivity contribution in [1.29, 1.82) is 0 Å². The van der Waals surface area contributed by atoms with Crippen LogP contribution in [0.1, 0.15) is 44.6 Å². The number of hydrogen-bond acceptors (Lipinski definition) is 4. The number of fused-ring (bicyclic) bond motifs is 1. The van der Waals surface area contributed by atoms with Gasteiger partial charge in [0.2, 0.25) is 5.91 Å². The number of unbranched alkanes of at least 4 members (excludes halogenated alkanes) is 1. The Kier molecular flexibility index (Phi) is 7.91. The Labute approximate surface area is 167 Å². The van der Waals surface area contributed by atoms with Crippen molar-refractivity contribution < 1.29 is 9.53 Å². The van der Waals surface area contributed by atoms with Crippen LogP contribution in [0.3, 0.4) is 0 Å². The molecule has 1 N–H and O–H groups in total. The molecule has 0 aliphatic carbocycles. The lowest BCUT2D eigenvalue weighted by Gasteiger charge is -2.23. The van der Waals surface area contributed by atoms with E-state index in [9.17, 15) is 4.79 Å². The smallest absolute Gasteiger partial charge is 0.221 e. The maximum absolute atomic E-state index is 12.2. The highest BCUT2D eigenvalue weighted by Crippen LogP contribution is 2.26. The van der Waals surface area contributed by atoms with Gasteiger partial charge in [0, 0.05) is 57.1 Å². The lowest BCUT2D eigenvalue weighted by molar-refractivity contribution is -0.121. The highest BCUT2D eigenvalue weighted by molar-refractivity contribution is 5.76. The monoisotopic (exact) mass is 384 g/mol. The molecule has 2 aromatic rings. The molecule has 0 unspecified atom stereocenters. The van der Waals surface area contributed by atoms with E-state index in [-0.39, 0.29) is 12.0 Å². The molecule has 3 rings (SSSR count). The average Bonchev–Trinajstić information content (AvgIpc) is 3.15. The summed E-state index contributed by atoms with van der Waals surface area (Å²) in [6, 6.07) is 10.2. The van der Waals surface area contributed by atoms with Crippen molar-refractivity contribution in [2.45, 2.75) is 58.2 Å². The minimum Gasteiger partial charge on any atom is -0.489 e. The Balaban J connectivity index is 1.44. The minimum atomic E-state index is 0.115. The normalized spacial score (nSPS) is 16.8. The molecule has 0 saturated heterocycles. The van der Waals surface area contributed by atoms with E-state index in [1.54, 1.807) is 6.20 Å². The standard InChI is InChI=1S/C22H32N4O2/c1-2-3-9-20-18-25(17-19-8-4-5-10-21(19)28-20)16-11-22(27)23-12-6-14-26-15-7-13-24-26/h4-5,7-8,10,13,15,20H,2-3,6,9,11-12,14,16-18H2,1H3,(H,23,27)/t20-/m0/s1. The van der Waals surface area contributed by atoms with Gasteiger partial charge < -0.3 is 10.1 Å². The van der Waals surface area contributed by atoms with E-state index in [1.165, 1.54) is 12.0 Å². The quantitative estimate of drug-likeness (QED) is 0.639. The highest BCUT2D eigenvalue weighted by atomic mass is 16.5. The van der Waals surface area contributed by atoms with Crippen LogP contribution in [-0.4, -0.2) is 46.3 Å². The number of para-hydroxylation sites is 1. The number of hydrogen-bond donors (Lipinski definition) is 1. The van der Waals surface area contributed by atoms with Gasteiger partial charge in [-0.1, -0.05) is 31.5 Å². The number of ether oxygens (including phenoxy) is 1. The van der Waals surface area contributed by atoms with E-state index in [1.807, 2.05) is 23.0 Å². The summed E-state index contributed by atoms with van der Waals surface area (Å²) < 4.78 is 8.15. The fourth-order valence-corrected chi connectivity index (χ4v) is 3.56. The zero-order valence-corrected chi connectivity index (χ0v) is 16.8. The molecule has 1 atom stereocenters. The summed E-state index contributed by atoms with van der Waals surface area (Å²) in [6.07, 6.45) is 8.70. The number of carbonyl (C=O) groups excluding carboxylic acids is 1. The second-order valence-corrected chi connectivity index (χ2v) is 7.45. The molecule has 1 aromatic carbocycles. The molecule has 0 spiro atoms. The zero-order valence-electron chi connectivity index (χ0n) is 16.8. The summed E-state index contributed by atoms with van der Waals surface area (Å²) in [4.78, 5) is 14.6. The van der Waals surface area contributed by atoms with Gasteiger partial charge in [-0.2, -0.15) is 5.10 Å². The first-order valence-corrected chi connectivity index (χ1v) is 10.5. The van der Waals surface area contributed by atoms with E-state index in [4.69, 9.17) is 4.74 Å². The largest absolute Gasteiger partial charge is 0.489 e. The van der Waals surface area contributed by atoms with Crippen LogP contribution in [0.2, 0.25) is 0 Å². The number of aromatic nitrogens is 2. The lowest BCUT2D eigenvalue weighted by Crippen LogP contribution is -2.36. The number of nitrogens with one attached hydrogen (secondary N) is 1. The van der Waals surface area contributed by atoms with E-state index < -0.39 is 0 Å². The van der Waals surface area contributed by atoms with Crippen molar-refractivity contribution >= 4 is 5.91 Å². The Hall–Kier alpha value is -2.34. The molecule has 6 heteroatoms. The molecule has 2 heterocycles. The highest BCUT2D eigenvalue weighted by Gasteiger charge is 2.22. The number of carbonyl (C=O) groups is 1. The predicted octanol–water partition coefficient (Wildman–Crippen LogP) is 3.23. The van der Waals surface area contributed by atoms with Gasteiger partial charge >= 0.3 is 0 Å². The molecule has 1 aliphatic heterocycles. The average molecular weight is 385 g/mol. The van der Waals surface area contributed by atoms with Crippen LogP contribution in [0.25, 0.3) is 0 Å². The fraction of sp³-hybridized carbons (Fsp3) is 0.545. The van der Waals surface area contributed by atoms with E-state index in [0.29, 0.717) is 13.0 Å². The number of benzene rings is 1. The number of amides is 1. The first-order chi connectivity index (χ1) is 13.7. The number of rotatable bonds is 10. The van der Waals surface area contributed by atoms with E-state index in [0.717, 1.165) is 51.2 Å². The summed E-state index contributed by atoms with van der Waals surface area (Å²) in [5.74, 6) is 1.11. The molecule has 152 valence electrons. The Bertz CT molecular complexity index is 717. The van der Waals surface area contributed by atoms with Crippen molar-refractivity contribution in [3.05, 3.63) is 48.3 Å². The molecule has 1 aliphatic rings. The van der Waals surface area contributed by atoms with Gasteiger partial charge in [-0.15, -0.1) is 0 Å². The van der Waals surface area contributed by atoms with Gasteiger partial charge in [0.05, 0.1) is 0 Å². The fourth-order valence-electron chi connectivity index (χ4n) is 3.56. The van der Waals surface area contributed by atoms with Crippen LogP contribution >= 0.6 is 0 Å². The summed E-state index contributed by atoms with van der Waals surface area (Å²) in [5, 5.41) is 7.20. The summed E-state index contributed by atoms with van der Waals surface area (Å²) in [7, 11) is 0. The molecular weight excluding hydrogens is 352 g/mol. The molecule has 28 heavy (non-hydrogen) atoms. The SMILES string of the molecule is CCCC[C@H]1CN(CCC(=O)NCCCn2cccn2)Cc2ccccc2O1. The van der Waals surface area contributed by atoms with Crippen LogP contribution in [0, 0.1) is 0 Å². The third-order valence-corrected chi connectivity index (χ3v) is 5.10. The molecular formula is C22H32N4O2. The van der Waals surface area contributed by atoms with Crippen molar-refractivity contribution in [3.63, 3.8) is 0 Å². The molecule has 6 nitrogen and oxygen atoms in total. The molecule has 0 bridgehead atoms. The molecule has 0 radical (unpaired) electrons. The third kappa shape index (κ3) is 6.37. The van der Waals surface area contributed by atoms with Crippen molar-refractivity contribution in [1.82, 2.24) is 20.0 Å². The first kappa shape index (κ1) is 20.4. The van der Waals surface area contributed by atoms with Gasteiger partial charge in [-0.25, -0.2) is 0 Å². The van der Waals surface area contributed by atoms with Crippen molar-refractivity contribution in [3.8, 4) is 5.75 Å². The van der Waals surface area contributed by atoms with Gasteiger partial charge in [0.15, 0.2) is 0 Å². The van der Waals surface area contributed by atoms with Crippen molar-refractivity contribution in [2.24, 2.45) is 0 Å². The third-order valence-electron chi connectivity index (χ3n) is 5.10. The molecule has 0 fully saturated rings. The number of nitrogens with zero attached hydrogens (tertiary/aromatic N) is 3. The van der Waals surface area contributed by atoms with Gasteiger partial charge in [0.1, 0.15) is 11.9 Å². The molecule has 1 aromatic heterocycles. The topological polar surface area (TPSA) is 59.4 Å². The van der Waals surface area contributed by atoms with E-state index >= 15 is 0 Å². The summed E-state index contributed by atoms with van der Waals surface area (Å²) >= 11 is 0. The van der Waals surface area contributed by atoms with Crippen LogP contribution in [0.4, 0.5) is 0 Å². The Morgan fingerprint density at radius 1 is 1.25 bits per heavy atom. The Morgan fingerprint density at radius 2 is 2.14 bits per heavy atom. The Morgan fingerprint density at radius 3 is 2.96 bits per heavy atom. The van der Waals surface area contributed by atoms with Crippen molar-refractivity contribution in [2.75, 3.05) is 19.6 Å². The van der Waals surface area contributed by atoms with Gasteiger partial charge in [-0.3, -0.25) is 14.4 Å². The maximum atomic E-state index is 12.2. The van der Waals surface area contributed by atoms with Gasteiger partial charge in [0.25, 0.3) is 0 Å². The second-order valence-electron chi connectivity index (χ2n) is 7.45. The van der Waals surface area contributed by atoms with Crippen LogP contribution in [0.15, 0.2) is 42.7 Å². The molecule has 0 saturated carbocycles. The maximum Gasteiger partial charge on any atom is 0.221 e. The first-order valence-electron chi connectivity index (χ1n) is 10.5. The zero-order chi connectivity index (χ0) is 19.6. The van der Waals surface area contributed by atoms with Crippen LogP contribution in [-0.2, 0) is 17.9 Å². The lowest BCUT2D eigenvalue weighted by atomic mass is 10.1.